The zero-order chi connectivity index (χ0) is 20.6. The highest BCUT2D eigenvalue weighted by Gasteiger charge is 2.17. The smallest absolute Gasteiger partial charge is 0.240 e. The van der Waals surface area contributed by atoms with Gasteiger partial charge in [-0.15, -0.1) is 0 Å². The van der Waals surface area contributed by atoms with Gasteiger partial charge in [-0.3, -0.25) is 4.79 Å². The molecular weight excluding hydrogens is 375 g/mol. The van der Waals surface area contributed by atoms with E-state index in [1.165, 1.54) is 12.1 Å². The molecule has 8 nitrogen and oxygen atoms in total. The number of hydrogen-bond acceptors (Lipinski definition) is 7. The van der Waals surface area contributed by atoms with Crippen molar-refractivity contribution >= 4 is 5.91 Å². The molecule has 0 saturated heterocycles. The van der Waals surface area contributed by atoms with E-state index in [9.17, 15) is 9.18 Å². The van der Waals surface area contributed by atoms with E-state index in [2.05, 4.69) is 20.1 Å². The van der Waals surface area contributed by atoms with Crippen molar-refractivity contribution in [2.75, 3.05) is 27.2 Å². The minimum atomic E-state index is -0.316. The average molecular weight is 398 g/mol. The van der Waals surface area contributed by atoms with Gasteiger partial charge in [0.15, 0.2) is 0 Å². The lowest BCUT2D eigenvalue weighted by molar-refractivity contribution is -0.132. The lowest BCUT2D eigenvalue weighted by atomic mass is 10.2. The molecule has 0 aliphatic carbocycles. The van der Waals surface area contributed by atoms with Gasteiger partial charge in [-0.2, -0.15) is 4.98 Å². The average Bonchev–Trinajstić information content (AvgIpc) is 3.19. The Morgan fingerprint density at radius 2 is 1.90 bits per heavy atom. The Labute approximate surface area is 168 Å². The summed E-state index contributed by atoms with van der Waals surface area (Å²) in [6.07, 6.45) is 3.70. The normalized spacial score (nSPS) is 11.0. The highest BCUT2D eigenvalue weighted by molar-refractivity contribution is 5.76. The standard InChI is InChI=1S/C20H23FN6O2/c1-26(2)11-12-27(14-15-5-3-6-16(21)13-15)18(28)8-7-17-24-20(25-29-17)19-22-9-4-10-23-19/h3-6,9-10,13H,7-8,11-12,14H2,1-2H3. The molecule has 0 aliphatic heterocycles. The van der Waals surface area contributed by atoms with E-state index in [1.807, 2.05) is 25.1 Å². The molecule has 0 aliphatic rings. The number of carbonyl (C=O) groups is 1. The fraction of sp³-hybridized carbons (Fsp3) is 0.350. The largest absolute Gasteiger partial charge is 0.339 e. The maximum atomic E-state index is 13.5. The van der Waals surface area contributed by atoms with E-state index < -0.39 is 0 Å². The molecule has 152 valence electrons. The van der Waals surface area contributed by atoms with Gasteiger partial charge in [-0.05, 0) is 37.9 Å². The fourth-order valence-corrected chi connectivity index (χ4v) is 2.70. The van der Waals surface area contributed by atoms with E-state index >= 15 is 0 Å². The zero-order valence-electron chi connectivity index (χ0n) is 16.5. The van der Waals surface area contributed by atoms with Crippen LogP contribution in [0.5, 0.6) is 0 Å². The predicted molar refractivity (Wildman–Crippen MR) is 104 cm³/mol. The molecule has 0 saturated carbocycles. The van der Waals surface area contributed by atoms with Crippen molar-refractivity contribution in [1.29, 1.82) is 0 Å². The number of nitrogens with zero attached hydrogens (tertiary/aromatic N) is 6. The van der Waals surface area contributed by atoms with Crippen molar-refractivity contribution in [1.82, 2.24) is 29.9 Å². The molecule has 0 radical (unpaired) electrons. The maximum absolute atomic E-state index is 13.5. The summed E-state index contributed by atoms with van der Waals surface area (Å²) in [5.74, 6) is 0.625. The minimum absolute atomic E-state index is 0.0631. The molecule has 0 spiro atoms. The molecule has 0 atom stereocenters. The molecule has 29 heavy (non-hydrogen) atoms. The summed E-state index contributed by atoms with van der Waals surface area (Å²) in [7, 11) is 3.88. The Kier molecular flexibility index (Phi) is 6.96. The van der Waals surface area contributed by atoms with Gasteiger partial charge in [0, 0.05) is 44.9 Å². The Morgan fingerprint density at radius 3 is 2.62 bits per heavy atom. The van der Waals surface area contributed by atoms with Crippen LogP contribution in [0.25, 0.3) is 11.6 Å². The van der Waals surface area contributed by atoms with Gasteiger partial charge in [0.05, 0.1) is 0 Å². The number of halogens is 1. The summed E-state index contributed by atoms with van der Waals surface area (Å²) >= 11 is 0. The molecule has 2 aromatic heterocycles. The van der Waals surface area contributed by atoms with Gasteiger partial charge in [0.2, 0.25) is 23.4 Å². The van der Waals surface area contributed by atoms with E-state index in [0.29, 0.717) is 37.8 Å². The number of aryl methyl sites for hydroxylation is 1. The van der Waals surface area contributed by atoms with Gasteiger partial charge in [-0.25, -0.2) is 14.4 Å². The quantitative estimate of drug-likeness (QED) is 0.546. The highest BCUT2D eigenvalue weighted by atomic mass is 19.1. The number of amides is 1. The van der Waals surface area contributed by atoms with Crippen molar-refractivity contribution in [2.24, 2.45) is 0 Å². The lowest BCUT2D eigenvalue weighted by Gasteiger charge is -2.24. The molecule has 0 fully saturated rings. The predicted octanol–water partition coefficient (Wildman–Crippen LogP) is 2.19. The fourth-order valence-electron chi connectivity index (χ4n) is 2.70. The maximum Gasteiger partial charge on any atom is 0.240 e. The Morgan fingerprint density at radius 1 is 1.10 bits per heavy atom. The topological polar surface area (TPSA) is 88.2 Å². The third kappa shape index (κ3) is 6.15. The summed E-state index contributed by atoms with van der Waals surface area (Å²) in [5, 5.41) is 3.86. The third-order valence-electron chi connectivity index (χ3n) is 4.22. The summed E-state index contributed by atoms with van der Waals surface area (Å²) in [6, 6.07) is 7.98. The Bertz CT molecular complexity index is 931. The van der Waals surface area contributed by atoms with E-state index in [0.717, 1.165) is 5.56 Å². The molecule has 1 aromatic carbocycles. The third-order valence-corrected chi connectivity index (χ3v) is 4.22. The molecule has 3 rings (SSSR count). The summed E-state index contributed by atoms with van der Waals surface area (Å²) in [5.41, 5.74) is 0.749. The number of benzene rings is 1. The van der Waals surface area contributed by atoms with E-state index in [1.54, 1.807) is 29.4 Å². The number of likely N-dealkylation sites (N-methyl/N-ethyl adjacent to an activating group) is 1. The number of hydrogen-bond donors (Lipinski definition) is 0. The number of rotatable bonds is 9. The van der Waals surface area contributed by atoms with Crippen molar-refractivity contribution in [2.45, 2.75) is 19.4 Å². The van der Waals surface area contributed by atoms with Gasteiger partial charge in [0.1, 0.15) is 5.82 Å². The lowest BCUT2D eigenvalue weighted by Crippen LogP contribution is -2.36. The van der Waals surface area contributed by atoms with Crippen molar-refractivity contribution in [3.63, 3.8) is 0 Å². The molecule has 1 amide bonds. The van der Waals surface area contributed by atoms with Crippen LogP contribution in [-0.4, -0.2) is 63.0 Å². The van der Waals surface area contributed by atoms with Crippen LogP contribution in [0.4, 0.5) is 4.39 Å². The number of aromatic nitrogens is 4. The Hall–Kier alpha value is -3.20. The minimum Gasteiger partial charge on any atom is -0.339 e. The first-order valence-electron chi connectivity index (χ1n) is 9.28. The van der Waals surface area contributed by atoms with Gasteiger partial charge >= 0.3 is 0 Å². The van der Waals surface area contributed by atoms with Crippen LogP contribution in [0.1, 0.15) is 17.9 Å². The molecule has 2 heterocycles. The molecule has 0 N–H and O–H groups in total. The molecule has 0 unspecified atom stereocenters. The van der Waals surface area contributed by atoms with Crippen LogP contribution in [-0.2, 0) is 17.8 Å². The Balaban J connectivity index is 1.62. The van der Waals surface area contributed by atoms with E-state index in [4.69, 9.17) is 4.52 Å². The van der Waals surface area contributed by atoms with Crippen molar-refractivity contribution in [3.05, 3.63) is 60.0 Å². The van der Waals surface area contributed by atoms with Crippen LogP contribution in [0.15, 0.2) is 47.2 Å². The second-order valence-corrected chi connectivity index (χ2v) is 6.83. The SMILES string of the molecule is CN(C)CCN(Cc1cccc(F)c1)C(=O)CCc1nc(-c2ncccn2)no1. The highest BCUT2D eigenvalue weighted by Crippen LogP contribution is 2.13. The second kappa shape index (κ2) is 9.83. The first-order chi connectivity index (χ1) is 14.0. The van der Waals surface area contributed by atoms with Gasteiger partial charge in [0.25, 0.3) is 0 Å². The van der Waals surface area contributed by atoms with Gasteiger partial charge in [-0.1, -0.05) is 17.3 Å². The van der Waals surface area contributed by atoms with Crippen molar-refractivity contribution in [3.8, 4) is 11.6 Å². The van der Waals surface area contributed by atoms with Crippen LogP contribution in [0.3, 0.4) is 0 Å². The second-order valence-electron chi connectivity index (χ2n) is 6.83. The van der Waals surface area contributed by atoms with Crippen molar-refractivity contribution < 1.29 is 13.7 Å². The van der Waals surface area contributed by atoms with E-state index in [-0.39, 0.29) is 24.0 Å². The molecule has 0 bridgehead atoms. The van der Waals surface area contributed by atoms with Crippen LogP contribution >= 0.6 is 0 Å². The summed E-state index contributed by atoms with van der Waals surface area (Å²) in [4.78, 5) is 28.9. The summed E-state index contributed by atoms with van der Waals surface area (Å²) < 4.78 is 18.7. The number of carbonyl (C=O) groups excluding carboxylic acids is 1. The summed E-state index contributed by atoms with van der Waals surface area (Å²) in [6.45, 7) is 1.59. The first-order valence-corrected chi connectivity index (χ1v) is 9.28. The first kappa shape index (κ1) is 20.5. The molecule has 3 aromatic rings. The zero-order valence-corrected chi connectivity index (χ0v) is 16.5. The van der Waals surface area contributed by atoms with Crippen LogP contribution < -0.4 is 0 Å². The molecule has 9 heteroatoms. The van der Waals surface area contributed by atoms with Crippen LogP contribution in [0, 0.1) is 5.82 Å². The van der Waals surface area contributed by atoms with Crippen LogP contribution in [0.2, 0.25) is 0 Å². The van der Waals surface area contributed by atoms with Gasteiger partial charge < -0.3 is 14.3 Å². The molecular formula is C20H23FN6O2. The monoisotopic (exact) mass is 398 g/mol.